The zero-order valence-corrected chi connectivity index (χ0v) is 11.9. The van der Waals surface area contributed by atoms with Crippen molar-refractivity contribution in [3.8, 4) is 0 Å². The summed E-state index contributed by atoms with van der Waals surface area (Å²) < 4.78 is 0. The lowest BCUT2D eigenvalue weighted by atomic mass is 10.3. The number of carbonyl (C=O) groups is 2. The van der Waals surface area contributed by atoms with E-state index in [0.717, 1.165) is 11.3 Å². The van der Waals surface area contributed by atoms with Gasteiger partial charge in [0.05, 0.1) is 5.02 Å². The first-order chi connectivity index (χ1) is 8.97. The van der Waals surface area contributed by atoms with E-state index in [4.69, 9.17) is 23.2 Å². The number of hydrogen-bond donors (Lipinski definition) is 1. The van der Waals surface area contributed by atoms with Crippen LogP contribution in [0.1, 0.15) is 27.9 Å². The van der Waals surface area contributed by atoms with Gasteiger partial charge in [0, 0.05) is 12.3 Å². The van der Waals surface area contributed by atoms with Crippen LogP contribution in [0.5, 0.6) is 0 Å². The van der Waals surface area contributed by atoms with Crippen molar-refractivity contribution in [2.24, 2.45) is 0 Å². The molecule has 0 radical (unpaired) electrons. The summed E-state index contributed by atoms with van der Waals surface area (Å²) in [5, 5.41) is 4.72. The summed E-state index contributed by atoms with van der Waals surface area (Å²) in [6, 6.07) is 2.96. The normalized spacial score (nSPS) is 10.3. The van der Waals surface area contributed by atoms with Gasteiger partial charge in [0.15, 0.2) is 10.9 Å². The van der Waals surface area contributed by atoms with E-state index in [1.807, 2.05) is 0 Å². The summed E-state index contributed by atoms with van der Waals surface area (Å²) >= 11 is 12.7. The molecule has 0 saturated heterocycles. The van der Waals surface area contributed by atoms with E-state index >= 15 is 0 Å². The Hall–Kier alpha value is -1.50. The predicted octanol–water partition coefficient (Wildman–Crippen LogP) is 3.30. The minimum Gasteiger partial charge on any atom is -0.296 e. The third kappa shape index (κ3) is 3.28. The molecule has 0 saturated carbocycles. The number of pyridine rings is 1. The highest BCUT2D eigenvalue weighted by Gasteiger charge is 2.15. The third-order valence-corrected chi connectivity index (χ3v) is 3.39. The van der Waals surface area contributed by atoms with Crippen LogP contribution in [0.15, 0.2) is 17.5 Å². The lowest BCUT2D eigenvalue weighted by molar-refractivity contribution is 0.100. The van der Waals surface area contributed by atoms with Crippen molar-refractivity contribution in [2.75, 3.05) is 5.32 Å². The number of hydrogen-bond acceptors (Lipinski definition) is 5. The minimum absolute atomic E-state index is 0.00809. The zero-order valence-electron chi connectivity index (χ0n) is 9.61. The Labute approximate surface area is 122 Å². The van der Waals surface area contributed by atoms with E-state index in [9.17, 15) is 9.59 Å². The highest BCUT2D eigenvalue weighted by Crippen LogP contribution is 2.20. The first-order valence-corrected chi connectivity index (χ1v) is 6.71. The Bertz CT molecular complexity index is 657. The molecule has 8 heteroatoms. The van der Waals surface area contributed by atoms with E-state index in [1.165, 1.54) is 19.1 Å². The van der Waals surface area contributed by atoms with Crippen LogP contribution < -0.4 is 5.32 Å². The van der Waals surface area contributed by atoms with Crippen molar-refractivity contribution in [2.45, 2.75) is 6.92 Å². The fraction of sp³-hybridized carbons (Fsp3) is 0.0909. The molecule has 0 fully saturated rings. The van der Waals surface area contributed by atoms with Crippen LogP contribution in [0.4, 0.5) is 5.13 Å². The molecule has 0 aliphatic carbocycles. The molecule has 0 atom stereocenters. The maximum atomic E-state index is 11.9. The molecule has 2 heterocycles. The van der Waals surface area contributed by atoms with Crippen molar-refractivity contribution < 1.29 is 9.59 Å². The number of ketones is 1. The van der Waals surface area contributed by atoms with Gasteiger partial charge in [0.25, 0.3) is 5.91 Å². The monoisotopic (exact) mass is 315 g/mol. The number of thiazole rings is 1. The van der Waals surface area contributed by atoms with E-state index < -0.39 is 5.91 Å². The molecule has 1 amide bonds. The number of amides is 1. The molecule has 2 aromatic rings. The average Bonchev–Trinajstić information content (AvgIpc) is 2.80. The number of halogens is 2. The number of rotatable bonds is 3. The van der Waals surface area contributed by atoms with Crippen molar-refractivity contribution in [1.82, 2.24) is 9.97 Å². The second-order valence-corrected chi connectivity index (χ2v) is 5.17. The standard InChI is InChI=1S/C11H7Cl2N3O2S/c1-5(17)7-4-19-11(14-7)16-10(18)9-6(12)2-3-8(13)15-9/h2-4H,1H3,(H,14,16,18). The fourth-order valence-corrected chi connectivity index (χ4v) is 2.31. The topological polar surface area (TPSA) is 72.0 Å². The van der Waals surface area contributed by atoms with Gasteiger partial charge in [-0.1, -0.05) is 23.2 Å². The summed E-state index contributed by atoms with van der Waals surface area (Å²) in [5.41, 5.74) is 0.305. The number of nitrogens with zero attached hydrogens (tertiary/aromatic N) is 2. The van der Waals surface area contributed by atoms with Gasteiger partial charge in [-0.15, -0.1) is 11.3 Å². The van der Waals surface area contributed by atoms with Crippen molar-refractivity contribution in [3.05, 3.63) is 39.1 Å². The highest BCUT2D eigenvalue weighted by molar-refractivity contribution is 7.14. The quantitative estimate of drug-likeness (QED) is 0.696. The SMILES string of the molecule is CC(=O)c1csc(NC(=O)c2nc(Cl)ccc2Cl)n1. The summed E-state index contributed by atoms with van der Waals surface area (Å²) in [6.07, 6.45) is 0. The second kappa shape index (κ2) is 5.64. The van der Waals surface area contributed by atoms with Gasteiger partial charge in [-0.05, 0) is 12.1 Å². The van der Waals surface area contributed by atoms with Crippen LogP contribution in [0.25, 0.3) is 0 Å². The second-order valence-electron chi connectivity index (χ2n) is 3.51. The third-order valence-electron chi connectivity index (χ3n) is 2.11. The maximum Gasteiger partial charge on any atom is 0.277 e. The maximum absolute atomic E-state index is 11.9. The van der Waals surface area contributed by atoms with Crippen LogP contribution >= 0.6 is 34.5 Å². The Morgan fingerprint density at radius 2 is 2.00 bits per heavy atom. The van der Waals surface area contributed by atoms with Gasteiger partial charge in [-0.3, -0.25) is 14.9 Å². The van der Waals surface area contributed by atoms with Gasteiger partial charge < -0.3 is 0 Å². The van der Waals surface area contributed by atoms with E-state index in [2.05, 4.69) is 15.3 Å². The molecular formula is C11H7Cl2N3O2S. The molecular weight excluding hydrogens is 309 g/mol. The molecule has 2 rings (SSSR count). The summed E-state index contributed by atoms with van der Waals surface area (Å²) in [5.74, 6) is -0.701. The van der Waals surface area contributed by atoms with Crippen LogP contribution in [-0.2, 0) is 0 Å². The van der Waals surface area contributed by atoms with Crippen LogP contribution in [0.3, 0.4) is 0 Å². The Morgan fingerprint density at radius 1 is 1.26 bits per heavy atom. The molecule has 1 N–H and O–H groups in total. The Kier molecular flexibility index (Phi) is 4.14. The molecule has 2 aromatic heterocycles. The van der Waals surface area contributed by atoms with E-state index in [-0.39, 0.29) is 21.7 Å². The van der Waals surface area contributed by atoms with Crippen LogP contribution in [0, 0.1) is 0 Å². The molecule has 98 valence electrons. The fourth-order valence-electron chi connectivity index (χ4n) is 1.23. The molecule has 0 bridgehead atoms. The average molecular weight is 316 g/mol. The number of Topliss-reactive ketones (excluding diaryl/α,β-unsaturated/α-hetero) is 1. The lowest BCUT2D eigenvalue weighted by Crippen LogP contribution is -2.14. The number of anilines is 1. The number of carbonyl (C=O) groups excluding carboxylic acids is 2. The molecule has 19 heavy (non-hydrogen) atoms. The molecule has 0 aliphatic rings. The molecule has 5 nitrogen and oxygen atoms in total. The first-order valence-electron chi connectivity index (χ1n) is 5.07. The Morgan fingerprint density at radius 3 is 2.63 bits per heavy atom. The number of nitrogens with one attached hydrogen (secondary N) is 1. The summed E-state index contributed by atoms with van der Waals surface area (Å²) in [6.45, 7) is 1.40. The largest absolute Gasteiger partial charge is 0.296 e. The first kappa shape index (κ1) is 13.9. The smallest absolute Gasteiger partial charge is 0.277 e. The van der Waals surface area contributed by atoms with Gasteiger partial charge in [-0.2, -0.15) is 0 Å². The Balaban J connectivity index is 2.20. The van der Waals surface area contributed by atoms with Gasteiger partial charge >= 0.3 is 0 Å². The molecule has 0 spiro atoms. The van der Waals surface area contributed by atoms with Crippen LogP contribution in [0.2, 0.25) is 10.2 Å². The number of aromatic nitrogens is 2. The van der Waals surface area contributed by atoms with Gasteiger partial charge in [-0.25, -0.2) is 9.97 Å². The van der Waals surface area contributed by atoms with Crippen molar-refractivity contribution in [3.63, 3.8) is 0 Å². The summed E-state index contributed by atoms with van der Waals surface area (Å²) in [7, 11) is 0. The van der Waals surface area contributed by atoms with Gasteiger partial charge in [0.2, 0.25) is 0 Å². The van der Waals surface area contributed by atoms with E-state index in [0.29, 0.717) is 10.8 Å². The molecule has 0 aliphatic heterocycles. The highest BCUT2D eigenvalue weighted by atomic mass is 35.5. The molecule has 0 unspecified atom stereocenters. The minimum atomic E-state index is -0.531. The zero-order chi connectivity index (χ0) is 14.0. The van der Waals surface area contributed by atoms with Crippen molar-refractivity contribution >= 4 is 51.4 Å². The van der Waals surface area contributed by atoms with Crippen molar-refractivity contribution in [1.29, 1.82) is 0 Å². The predicted molar refractivity (Wildman–Crippen MR) is 74.3 cm³/mol. The lowest BCUT2D eigenvalue weighted by Gasteiger charge is -2.03. The molecule has 0 aromatic carbocycles. The van der Waals surface area contributed by atoms with Crippen LogP contribution in [-0.4, -0.2) is 21.7 Å². The van der Waals surface area contributed by atoms with Gasteiger partial charge in [0.1, 0.15) is 16.5 Å². The summed E-state index contributed by atoms with van der Waals surface area (Å²) in [4.78, 5) is 30.8. The van der Waals surface area contributed by atoms with E-state index in [1.54, 1.807) is 5.38 Å².